The van der Waals surface area contributed by atoms with Crippen molar-refractivity contribution in [3.8, 4) is 17.1 Å². The predicted molar refractivity (Wildman–Crippen MR) is 131 cm³/mol. The Balaban J connectivity index is 1.58. The first-order valence-corrected chi connectivity index (χ1v) is 13.4. The molecule has 1 aliphatic heterocycles. The van der Waals surface area contributed by atoms with Crippen molar-refractivity contribution in [2.45, 2.75) is 46.2 Å². The van der Waals surface area contributed by atoms with Gasteiger partial charge in [-0.25, -0.2) is 8.42 Å². The summed E-state index contributed by atoms with van der Waals surface area (Å²) in [7, 11) is -3.17. The van der Waals surface area contributed by atoms with Crippen molar-refractivity contribution in [3.05, 3.63) is 70.9 Å². The Bertz CT molecular complexity index is 1260. The molecule has 2 heterocycles. The van der Waals surface area contributed by atoms with Gasteiger partial charge in [0.25, 0.3) is 5.91 Å². The Morgan fingerprint density at radius 2 is 1.88 bits per heavy atom. The maximum absolute atomic E-state index is 13.5. The fourth-order valence-corrected chi connectivity index (χ4v) is 5.78. The minimum absolute atomic E-state index is 0.0434. The van der Waals surface area contributed by atoms with Crippen LogP contribution in [0.2, 0.25) is 0 Å². The molecule has 0 aliphatic carbocycles. The van der Waals surface area contributed by atoms with Gasteiger partial charge in [-0.3, -0.25) is 4.79 Å². The van der Waals surface area contributed by atoms with Gasteiger partial charge >= 0.3 is 0 Å². The molecule has 0 N–H and O–H groups in total. The van der Waals surface area contributed by atoms with E-state index in [1.807, 2.05) is 63.2 Å². The van der Waals surface area contributed by atoms with Gasteiger partial charge in [-0.15, -0.1) is 0 Å². The van der Waals surface area contributed by atoms with E-state index in [-0.39, 0.29) is 29.7 Å². The number of aryl methyl sites for hydroxylation is 2. The summed E-state index contributed by atoms with van der Waals surface area (Å²) in [5.41, 5.74) is 4.18. The molecule has 0 bridgehead atoms. The number of ether oxygens (including phenoxy) is 1. The average Bonchev–Trinajstić information content (AvgIpc) is 3.45. The number of aromatic nitrogens is 1. The van der Waals surface area contributed by atoms with Crippen molar-refractivity contribution >= 4 is 15.7 Å². The highest BCUT2D eigenvalue weighted by atomic mass is 32.2. The van der Waals surface area contributed by atoms with Crippen molar-refractivity contribution in [3.63, 3.8) is 0 Å². The summed E-state index contributed by atoms with van der Waals surface area (Å²) in [6.45, 7) is 7.01. The Hall–Kier alpha value is -3.13. The summed E-state index contributed by atoms with van der Waals surface area (Å²) in [4.78, 5) is 15.1. The second-order valence-electron chi connectivity index (χ2n) is 8.86. The molecular formula is C26H30N2O5S. The van der Waals surface area contributed by atoms with Crippen molar-refractivity contribution in [1.29, 1.82) is 0 Å². The van der Waals surface area contributed by atoms with E-state index in [9.17, 15) is 13.2 Å². The van der Waals surface area contributed by atoms with Crippen LogP contribution in [0.1, 0.15) is 46.9 Å². The van der Waals surface area contributed by atoms with E-state index in [1.54, 1.807) is 11.0 Å². The number of hydrogen-bond donors (Lipinski definition) is 0. The normalized spacial score (nSPS) is 17.0. The smallest absolute Gasteiger partial charge is 0.276 e. The minimum atomic E-state index is -3.17. The zero-order chi connectivity index (χ0) is 24.3. The first kappa shape index (κ1) is 24.0. The average molecular weight is 483 g/mol. The summed E-state index contributed by atoms with van der Waals surface area (Å²) in [6.07, 6.45) is 1.33. The number of benzene rings is 2. The Labute approximate surface area is 200 Å². The third kappa shape index (κ3) is 5.50. The number of nitrogens with zero attached hydrogens (tertiary/aromatic N) is 2. The van der Waals surface area contributed by atoms with E-state index in [0.717, 1.165) is 28.9 Å². The Morgan fingerprint density at radius 3 is 2.53 bits per heavy atom. The molecule has 2 aromatic carbocycles. The number of carbonyl (C=O) groups is 1. The van der Waals surface area contributed by atoms with Crippen molar-refractivity contribution in [2.75, 3.05) is 18.1 Å². The molecule has 8 heteroatoms. The van der Waals surface area contributed by atoms with Gasteiger partial charge in [0, 0.05) is 24.2 Å². The molecule has 4 rings (SSSR count). The van der Waals surface area contributed by atoms with Crippen LogP contribution in [0.15, 0.2) is 53.1 Å². The fourth-order valence-electron chi connectivity index (χ4n) is 4.05. The number of sulfone groups is 1. The predicted octanol–water partition coefficient (Wildman–Crippen LogP) is 4.58. The largest absolute Gasteiger partial charge is 0.494 e. The van der Waals surface area contributed by atoms with Gasteiger partial charge in [0.2, 0.25) is 0 Å². The number of amides is 1. The van der Waals surface area contributed by atoms with Gasteiger partial charge in [0.15, 0.2) is 21.3 Å². The molecule has 7 nitrogen and oxygen atoms in total. The van der Waals surface area contributed by atoms with E-state index < -0.39 is 15.9 Å². The number of hydrogen-bond acceptors (Lipinski definition) is 6. The molecule has 1 aromatic heterocycles. The molecule has 1 atom stereocenters. The maximum atomic E-state index is 13.5. The van der Waals surface area contributed by atoms with E-state index >= 15 is 0 Å². The van der Waals surface area contributed by atoms with E-state index in [4.69, 9.17) is 9.26 Å². The summed E-state index contributed by atoms with van der Waals surface area (Å²) < 4.78 is 35.5. The molecule has 3 aromatic rings. The Kier molecular flexibility index (Phi) is 7.07. The monoisotopic (exact) mass is 482 g/mol. The Morgan fingerprint density at radius 1 is 1.12 bits per heavy atom. The number of carbonyl (C=O) groups excluding carboxylic acids is 1. The van der Waals surface area contributed by atoms with E-state index in [2.05, 4.69) is 5.16 Å². The molecule has 0 spiro atoms. The highest BCUT2D eigenvalue weighted by Crippen LogP contribution is 2.26. The highest BCUT2D eigenvalue weighted by Gasteiger charge is 2.36. The van der Waals surface area contributed by atoms with Crippen LogP contribution in [0.25, 0.3) is 11.3 Å². The standard InChI is InChI=1S/C26H30N2O5S/c1-4-12-32-23-9-6-20(7-10-23)16-28(22-11-13-34(30,31)17-22)26(29)24-15-25(33-27-24)21-8-5-18(2)19(3)14-21/h5-10,14-15,22H,4,11-13,16-17H2,1-3H3/t22-/m1/s1. The topological polar surface area (TPSA) is 89.7 Å². The molecule has 0 radical (unpaired) electrons. The first-order valence-electron chi connectivity index (χ1n) is 11.5. The van der Waals surface area contributed by atoms with Crippen LogP contribution in [-0.2, 0) is 16.4 Å². The van der Waals surface area contributed by atoms with E-state index in [1.165, 1.54) is 5.56 Å². The zero-order valence-electron chi connectivity index (χ0n) is 19.8. The second kappa shape index (κ2) is 10.0. The van der Waals surface area contributed by atoms with Crippen LogP contribution in [0.5, 0.6) is 5.75 Å². The quantitative estimate of drug-likeness (QED) is 0.467. The van der Waals surface area contributed by atoms with Crippen LogP contribution in [0, 0.1) is 13.8 Å². The summed E-state index contributed by atoms with van der Waals surface area (Å²) in [6, 6.07) is 14.7. The lowest BCUT2D eigenvalue weighted by Gasteiger charge is -2.27. The van der Waals surface area contributed by atoms with Gasteiger partial charge in [-0.05, 0) is 61.6 Å². The van der Waals surface area contributed by atoms with Gasteiger partial charge in [-0.2, -0.15) is 0 Å². The van der Waals surface area contributed by atoms with Gasteiger partial charge in [-0.1, -0.05) is 36.3 Å². The zero-order valence-corrected chi connectivity index (χ0v) is 20.6. The van der Waals surface area contributed by atoms with Crippen molar-refractivity contribution in [2.24, 2.45) is 0 Å². The number of rotatable bonds is 8. The fraction of sp³-hybridized carbons (Fsp3) is 0.385. The van der Waals surface area contributed by atoms with Crippen LogP contribution >= 0.6 is 0 Å². The van der Waals surface area contributed by atoms with Crippen molar-refractivity contribution < 1.29 is 22.5 Å². The molecule has 1 saturated heterocycles. The first-order chi connectivity index (χ1) is 16.3. The van der Waals surface area contributed by atoms with Gasteiger partial charge < -0.3 is 14.2 Å². The molecular weight excluding hydrogens is 452 g/mol. The molecule has 0 saturated carbocycles. The summed E-state index contributed by atoms with van der Waals surface area (Å²) in [5.74, 6) is 0.965. The van der Waals surface area contributed by atoms with Crippen LogP contribution in [-0.4, -0.2) is 48.5 Å². The third-order valence-electron chi connectivity index (χ3n) is 6.18. The van der Waals surface area contributed by atoms with Crippen LogP contribution in [0.4, 0.5) is 0 Å². The minimum Gasteiger partial charge on any atom is -0.494 e. The summed E-state index contributed by atoms with van der Waals surface area (Å²) >= 11 is 0. The van der Waals surface area contributed by atoms with Gasteiger partial charge in [0.05, 0.1) is 18.1 Å². The third-order valence-corrected chi connectivity index (χ3v) is 7.93. The van der Waals surface area contributed by atoms with E-state index in [0.29, 0.717) is 18.8 Å². The van der Waals surface area contributed by atoms with Crippen molar-refractivity contribution in [1.82, 2.24) is 10.1 Å². The lowest BCUT2D eigenvalue weighted by atomic mass is 10.0. The van der Waals surface area contributed by atoms with Crippen LogP contribution in [0.3, 0.4) is 0 Å². The molecule has 180 valence electrons. The molecule has 1 aliphatic rings. The molecule has 0 unspecified atom stereocenters. The lowest BCUT2D eigenvalue weighted by molar-refractivity contribution is 0.0670. The summed E-state index contributed by atoms with van der Waals surface area (Å²) in [5, 5.41) is 4.03. The maximum Gasteiger partial charge on any atom is 0.276 e. The molecule has 1 fully saturated rings. The highest BCUT2D eigenvalue weighted by molar-refractivity contribution is 7.91. The molecule has 34 heavy (non-hydrogen) atoms. The second-order valence-corrected chi connectivity index (χ2v) is 11.1. The SMILES string of the molecule is CCCOc1ccc(CN(C(=O)c2cc(-c3ccc(C)c(C)c3)on2)[C@@H]2CCS(=O)(=O)C2)cc1. The van der Waals surface area contributed by atoms with Crippen LogP contribution < -0.4 is 4.74 Å². The lowest BCUT2D eigenvalue weighted by Crippen LogP contribution is -2.40. The molecule has 1 amide bonds. The van der Waals surface area contributed by atoms with Gasteiger partial charge in [0.1, 0.15) is 5.75 Å².